The number of aryl methyl sites for hydroxylation is 1. The van der Waals surface area contributed by atoms with Crippen LogP contribution in [0.5, 0.6) is 0 Å². The van der Waals surface area contributed by atoms with E-state index in [1.807, 2.05) is 6.92 Å². The lowest BCUT2D eigenvalue weighted by Gasteiger charge is -2.34. The number of fused-ring (bicyclic) bond motifs is 1. The number of imide groups is 1. The molecule has 0 spiro atoms. The van der Waals surface area contributed by atoms with E-state index in [1.165, 1.54) is 25.1 Å². The van der Waals surface area contributed by atoms with Crippen LogP contribution in [0.3, 0.4) is 0 Å². The topological polar surface area (TPSA) is 74.8 Å². The predicted molar refractivity (Wildman–Crippen MR) is 129 cm³/mol. The molecule has 0 aromatic heterocycles. The van der Waals surface area contributed by atoms with E-state index >= 15 is 0 Å². The van der Waals surface area contributed by atoms with E-state index in [1.54, 1.807) is 24.3 Å². The SMILES string of the molecule is Cc1ccc(C(=O)[C@H](C)N(C(=O)c2ccc(Cl)c(Cl)c2)N2C(=O)[C@H]3C[C@H](C)CC[C@H]3C2=O)cc1. The van der Waals surface area contributed by atoms with E-state index in [0.717, 1.165) is 22.0 Å². The van der Waals surface area contributed by atoms with E-state index in [-0.39, 0.29) is 21.4 Å². The summed E-state index contributed by atoms with van der Waals surface area (Å²) in [6.07, 6.45) is 2.01. The van der Waals surface area contributed by atoms with Crippen LogP contribution < -0.4 is 0 Å². The zero-order valence-electron chi connectivity index (χ0n) is 19.3. The highest BCUT2D eigenvalue weighted by Gasteiger charge is 2.54. The van der Waals surface area contributed by atoms with Crippen molar-refractivity contribution < 1.29 is 19.2 Å². The number of amides is 3. The number of nitrogens with zero attached hydrogens (tertiary/aromatic N) is 2. The van der Waals surface area contributed by atoms with Gasteiger partial charge in [-0.2, -0.15) is 5.01 Å². The van der Waals surface area contributed by atoms with Crippen molar-refractivity contribution in [2.45, 2.75) is 46.1 Å². The van der Waals surface area contributed by atoms with Gasteiger partial charge in [0.05, 0.1) is 21.9 Å². The van der Waals surface area contributed by atoms with Gasteiger partial charge in [0.25, 0.3) is 17.7 Å². The van der Waals surface area contributed by atoms with Gasteiger partial charge in [-0.25, -0.2) is 5.01 Å². The number of Topliss-reactive ketones (excluding diaryl/α,β-unsaturated/α-hetero) is 1. The Hall–Kier alpha value is -2.70. The molecule has 0 bridgehead atoms. The number of rotatable bonds is 5. The molecule has 178 valence electrons. The molecule has 8 heteroatoms. The third kappa shape index (κ3) is 4.37. The zero-order chi connectivity index (χ0) is 24.7. The van der Waals surface area contributed by atoms with Crippen molar-refractivity contribution in [1.29, 1.82) is 0 Å². The second-order valence-corrected chi connectivity index (χ2v) is 10.1. The van der Waals surface area contributed by atoms with Crippen LogP contribution in [0.4, 0.5) is 0 Å². The Labute approximate surface area is 208 Å². The van der Waals surface area contributed by atoms with Crippen molar-refractivity contribution in [3.63, 3.8) is 0 Å². The van der Waals surface area contributed by atoms with Gasteiger partial charge in [-0.05, 0) is 57.2 Å². The van der Waals surface area contributed by atoms with Crippen LogP contribution in [0, 0.1) is 24.7 Å². The second kappa shape index (κ2) is 9.51. The first kappa shape index (κ1) is 24.4. The normalized spacial score (nSPS) is 23.0. The molecule has 6 nitrogen and oxygen atoms in total. The Balaban J connectivity index is 1.76. The molecule has 1 saturated carbocycles. The van der Waals surface area contributed by atoms with Crippen molar-refractivity contribution in [3.8, 4) is 0 Å². The van der Waals surface area contributed by atoms with Crippen molar-refractivity contribution in [2.75, 3.05) is 0 Å². The van der Waals surface area contributed by atoms with Crippen molar-refractivity contribution >= 4 is 46.7 Å². The largest absolute Gasteiger partial charge is 0.292 e. The minimum Gasteiger partial charge on any atom is -0.292 e. The third-order valence-electron chi connectivity index (χ3n) is 6.84. The minimum absolute atomic E-state index is 0.127. The molecule has 2 aromatic carbocycles. The van der Waals surface area contributed by atoms with E-state index < -0.39 is 35.6 Å². The van der Waals surface area contributed by atoms with Gasteiger partial charge in [0.1, 0.15) is 6.04 Å². The molecule has 2 aliphatic rings. The average Bonchev–Trinajstić information content (AvgIpc) is 3.05. The van der Waals surface area contributed by atoms with Crippen LogP contribution >= 0.6 is 23.2 Å². The van der Waals surface area contributed by atoms with E-state index in [4.69, 9.17) is 23.2 Å². The molecule has 1 heterocycles. The lowest BCUT2D eigenvalue weighted by Crippen LogP contribution is -2.56. The average molecular weight is 501 g/mol. The molecule has 0 radical (unpaired) electrons. The van der Waals surface area contributed by atoms with Crippen LogP contribution in [0.2, 0.25) is 10.0 Å². The standard InChI is InChI=1S/C26H26Cl2N2O4/c1-14-4-7-17(8-5-14)23(31)16(3)29(24(32)18-9-11-21(27)22(28)13-18)30-25(33)19-10-6-15(2)12-20(19)26(30)34/h4-5,7-9,11,13,15-16,19-20H,6,10,12H2,1-3H3/t15-,16+,19-,20+/m1/s1. The molecule has 4 atom stereocenters. The number of hydrogen-bond acceptors (Lipinski definition) is 4. The van der Waals surface area contributed by atoms with Crippen molar-refractivity contribution in [2.24, 2.45) is 17.8 Å². The molecule has 2 fully saturated rings. The molecule has 2 aromatic rings. The maximum atomic E-state index is 13.7. The highest BCUT2D eigenvalue weighted by Crippen LogP contribution is 2.41. The summed E-state index contributed by atoms with van der Waals surface area (Å²) >= 11 is 12.1. The number of hydrazine groups is 1. The fraction of sp³-hybridized carbons (Fsp3) is 0.385. The first-order valence-corrected chi connectivity index (χ1v) is 12.1. The van der Waals surface area contributed by atoms with Crippen molar-refractivity contribution in [1.82, 2.24) is 10.0 Å². The predicted octanol–water partition coefficient (Wildman–Crippen LogP) is 5.35. The molecule has 0 N–H and O–H groups in total. The Morgan fingerprint density at radius 2 is 1.56 bits per heavy atom. The minimum atomic E-state index is -1.10. The van der Waals surface area contributed by atoms with Gasteiger partial charge in [-0.15, -0.1) is 0 Å². The smallest absolute Gasteiger partial charge is 0.273 e. The fourth-order valence-corrected chi connectivity index (χ4v) is 5.15. The van der Waals surface area contributed by atoms with Gasteiger partial charge < -0.3 is 0 Å². The van der Waals surface area contributed by atoms with Gasteiger partial charge in [0.2, 0.25) is 0 Å². The summed E-state index contributed by atoms with van der Waals surface area (Å²) in [7, 11) is 0. The van der Waals surface area contributed by atoms with E-state index in [0.29, 0.717) is 24.3 Å². The summed E-state index contributed by atoms with van der Waals surface area (Å²) < 4.78 is 0. The first-order chi connectivity index (χ1) is 16.1. The van der Waals surface area contributed by atoms with E-state index in [9.17, 15) is 19.2 Å². The molecule has 34 heavy (non-hydrogen) atoms. The third-order valence-corrected chi connectivity index (χ3v) is 7.58. The summed E-state index contributed by atoms with van der Waals surface area (Å²) in [5.74, 6) is -2.56. The summed E-state index contributed by atoms with van der Waals surface area (Å²) in [5.41, 5.74) is 1.49. The Morgan fingerprint density at radius 3 is 2.21 bits per heavy atom. The number of ketones is 1. The van der Waals surface area contributed by atoms with Crippen LogP contribution in [0.15, 0.2) is 42.5 Å². The van der Waals surface area contributed by atoms with Crippen LogP contribution in [-0.2, 0) is 9.59 Å². The quantitative estimate of drug-likeness (QED) is 0.409. The van der Waals surface area contributed by atoms with Gasteiger partial charge in [-0.3, -0.25) is 19.2 Å². The number of benzene rings is 2. The molecular formula is C26H26Cl2N2O4. The van der Waals surface area contributed by atoms with Gasteiger partial charge in [0.15, 0.2) is 5.78 Å². The lowest BCUT2D eigenvalue weighted by molar-refractivity contribution is -0.156. The molecule has 3 amide bonds. The summed E-state index contributed by atoms with van der Waals surface area (Å²) in [4.78, 5) is 54.0. The Kier molecular flexibility index (Phi) is 6.83. The molecule has 0 unspecified atom stereocenters. The summed E-state index contributed by atoms with van der Waals surface area (Å²) in [5, 5.41) is 2.35. The number of hydrogen-bond donors (Lipinski definition) is 0. The Bertz CT molecular complexity index is 1160. The second-order valence-electron chi connectivity index (χ2n) is 9.30. The first-order valence-electron chi connectivity index (χ1n) is 11.4. The number of halogens is 2. The van der Waals surface area contributed by atoms with E-state index in [2.05, 4.69) is 6.92 Å². The number of carbonyl (C=O) groups excluding carboxylic acids is 4. The molecule has 1 aliphatic carbocycles. The summed E-state index contributed by atoms with van der Waals surface area (Å²) in [6, 6.07) is 10.2. The highest BCUT2D eigenvalue weighted by molar-refractivity contribution is 6.42. The van der Waals surface area contributed by atoms with Gasteiger partial charge >= 0.3 is 0 Å². The Morgan fingerprint density at radius 1 is 0.941 bits per heavy atom. The zero-order valence-corrected chi connectivity index (χ0v) is 20.8. The molecule has 4 rings (SSSR count). The van der Waals surface area contributed by atoms with Crippen LogP contribution in [-0.4, -0.2) is 39.6 Å². The summed E-state index contributed by atoms with van der Waals surface area (Å²) in [6.45, 7) is 5.49. The fourth-order valence-electron chi connectivity index (χ4n) is 4.86. The van der Waals surface area contributed by atoms with Crippen molar-refractivity contribution in [3.05, 3.63) is 69.2 Å². The molecule has 1 saturated heterocycles. The number of carbonyl (C=O) groups is 4. The monoisotopic (exact) mass is 500 g/mol. The maximum absolute atomic E-state index is 13.7. The lowest BCUT2D eigenvalue weighted by atomic mass is 9.76. The molecular weight excluding hydrogens is 475 g/mol. The van der Waals surface area contributed by atoms with Crippen LogP contribution in [0.1, 0.15) is 59.4 Å². The highest BCUT2D eigenvalue weighted by atomic mass is 35.5. The van der Waals surface area contributed by atoms with Gasteiger partial charge in [0, 0.05) is 11.1 Å². The van der Waals surface area contributed by atoms with Crippen LogP contribution in [0.25, 0.3) is 0 Å². The van der Waals surface area contributed by atoms with Gasteiger partial charge in [-0.1, -0.05) is 60.0 Å². The maximum Gasteiger partial charge on any atom is 0.273 e. The molecule has 1 aliphatic heterocycles.